The fourth-order valence-corrected chi connectivity index (χ4v) is 5.48. The second-order valence-electron chi connectivity index (χ2n) is 12.1. The lowest BCUT2D eigenvalue weighted by molar-refractivity contribution is -0.101. The first-order valence-corrected chi connectivity index (χ1v) is 16.5. The number of allylic oxidation sites excluding steroid dienone is 1. The van der Waals surface area contributed by atoms with Gasteiger partial charge in [-0.25, -0.2) is 13.8 Å². The molecule has 4 rings (SSSR count). The summed E-state index contributed by atoms with van der Waals surface area (Å²) in [5.74, 6) is 1.98. The summed E-state index contributed by atoms with van der Waals surface area (Å²) in [6.45, 7) is 11.3. The summed E-state index contributed by atoms with van der Waals surface area (Å²) < 4.78 is 49.3. The zero-order valence-corrected chi connectivity index (χ0v) is 28.3. The fraction of sp³-hybridized carbons (Fsp3) is 0.410. The van der Waals surface area contributed by atoms with Gasteiger partial charge in [0.1, 0.15) is 11.6 Å². The van der Waals surface area contributed by atoms with Crippen LogP contribution in [-0.2, 0) is 17.7 Å². The Bertz CT molecular complexity index is 1540. The first-order valence-electron chi connectivity index (χ1n) is 16.5. The molecule has 1 unspecified atom stereocenters. The molecule has 3 aromatic carbocycles. The number of hydrogen-bond acceptors (Lipinski definition) is 4. The van der Waals surface area contributed by atoms with Crippen molar-refractivity contribution in [2.45, 2.75) is 72.7 Å². The van der Waals surface area contributed by atoms with E-state index in [1.165, 1.54) is 23.6 Å². The maximum atomic E-state index is 13.5. The average Bonchev–Trinajstić information content (AvgIpc) is 3.53. The van der Waals surface area contributed by atoms with Gasteiger partial charge in [-0.3, -0.25) is 4.90 Å². The summed E-state index contributed by atoms with van der Waals surface area (Å²) in [4.78, 5) is 9.84. The monoisotopic (exact) mass is 647 g/mol. The summed E-state index contributed by atoms with van der Waals surface area (Å²) in [6, 6.07) is 23.0. The zero-order valence-electron chi connectivity index (χ0n) is 28.3. The molecule has 252 valence electrons. The second-order valence-corrected chi connectivity index (χ2v) is 12.1. The van der Waals surface area contributed by atoms with E-state index in [0.29, 0.717) is 32.7 Å². The van der Waals surface area contributed by atoms with Crippen LogP contribution in [-0.4, -0.2) is 61.7 Å². The molecule has 0 saturated heterocycles. The summed E-state index contributed by atoms with van der Waals surface area (Å²) in [7, 11) is 2.09. The van der Waals surface area contributed by atoms with Gasteiger partial charge in [-0.2, -0.15) is 4.39 Å². The van der Waals surface area contributed by atoms with Crippen molar-refractivity contribution < 1.29 is 22.6 Å². The smallest absolute Gasteiger partial charge is 0.304 e. The van der Waals surface area contributed by atoms with Gasteiger partial charge in [-0.15, -0.1) is 0 Å². The van der Waals surface area contributed by atoms with Crippen LogP contribution in [0.3, 0.4) is 0 Å². The van der Waals surface area contributed by atoms with Crippen molar-refractivity contribution in [2.24, 2.45) is 4.99 Å². The van der Waals surface area contributed by atoms with Gasteiger partial charge in [0.05, 0.1) is 18.1 Å². The van der Waals surface area contributed by atoms with Gasteiger partial charge in [0.25, 0.3) is 6.36 Å². The molecular formula is C39H48F3N3O2. The molecule has 0 aromatic heterocycles. The molecule has 0 amide bonds. The standard InChI is InChI=1S/C39H48F3N3O2/c1-6-7-21-44(5)39(32-13-9-8-10-14-32)43-35(33-17-15-28(2)29(3)25-33)19-23-45(22-11-12-30(4)47-38(42)37(40)41)27-31-16-18-36-34(26-31)20-24-46-36/h8-10,12-19,25-26,37-38H,6-7,11,20-24,27H2,1-5H3/b30-12+,35-19+,43-39?. The largest absolute Gasteiger partial charge is 0.493 e. The number of aryl methyl sites for hydroxylation is 2. The molecule has 0 fully saturated rings. The molecule has 0 N–H and O–H groups in total. The molecular weight excluding hydrogens is 599 g/mol. The number of hydrogen-bond donors (Lipinski definition) is 0. The van der Waals surface area contributed by atoms with Gasteiger partial charge < -0.3 is 14.4 Å². The Morgan fingerprint density at radius 3 is 2.47 bits per heavy atom. The molecule has 1 aliphatic rings. The van der Waals surface area contributed by atoms with Gasteiger partial charge >= 0.3 is 6.43 Å². The molecule has 5 nitrogen and oxygen atoms in total. The van der Waals surface area contributed by atoms with Crippen LogP contribution in [0, 0.1) is 13.8 Å². The van der Waals surface area contributed by atoms with Crippen LogP contribution in [0.1, 0.15) is 66.5 Å². The number of nitrogens with zero attached hydrogens (tertiary/aromatic N) is 3. The van der Waals surface area contributed by atoms with Crippen LogP contribution < -0.4 is 4.74 Å². The maximum Gasteiger partial charge on any atom is 0.304 e. The molecule has 1 atom stereocenters. The van der Waals surface area contributed by atoms with Crippen molar-refractivity contribution in [2.75, 3.05) is 33.3 Å². The molecule has 0 radical (unpaired) electrons. The lowest BCUT2D eigenvalue weighted by atomic mass is 10.0. The Balaban J connectivity index is 1.69. The van der Waals surface area contributed by atoms with E-state index in [1.807, 2.05) is 24.3 Å². The van der Waals surface area contributed by atoms with E-state index in [2.05, 4.69) is 86.2 Å². The third-order valence-electron chi connectivity index (χ3n) is 8.35. The normalized spacial score (nSPS) is 14.4. The quantitative estimate of drug-likeness (QED) is 0.0883. The van der Waals surface area contributed by atoms with Crippen LogP contribution in [0.4, 0.5) is 13.2 Å². The maximum absolute atomic E-state index is 13.5. The first kappa shape index (κ1) is 35.8. The minimum Gasteiger partial charge on any atom is -0.493 e. The number of amidine groups is 1. The molecule has 1 heterocycles. The van der Waals surface area contributed by atoms with Crippen LogP contribution in [0.15, 0.2) is 89.6 Å². The van der Waals surface area contributed by atoms with Gasteiger partial charge in [0, 0.05) is 50.8 Å². The summed E-state index contributed by atoms with van der Waals surface area (Å²) in [5, 5.41) is 0. The van der Waals surface area contributed by atoms with Crippen LogP contribution in [0.25, 0.3) is 5.70 Å². The Kier molecular flexibility index (Phi) is 13.5. The summed E-state index contributed by atoms with van der Waals surface area (Å²) in [5.41, 5.74) is 7.72. The van der Waals surface area contributed by atoms with Crippen molar-refractivity contribution in [3.8, 4) is 5.75 Å². The minimum atomic E-state index is -3.19. The highest BCUT2D eigenvalue weighted by Crippen LogP contribution is 2.27. The number of unbranched alkanes of at least 4 members (excludes halogenated alkanes) is 1. The van der Waals surface area contributed by atoms with Crippen molar-refractivity contribution in [1.29, 1.82) is 0 Å². The second kappa shape index (κ2) is 17.8. The number of alkyl halides is 3. The topological polar surface area (TPSA) is 37.3 Å². The molecule has 0 spiro atoms. The number of fused-ring (bicyclic) bond motifs is 1. The van der Waals surface area contributed by atoms with E-state index in [1.54, 1.807) is 6.08 Å². The molecule has 0 bridgehead atoms. The number of rotatable bonds is 16. The van der Waals surface area contributed by atoms with E-state index in [9.17, 15) is 13.2 Å². The third kappa shape index (κ3) is 10.7. The predicted molar refractivity (Wildman–Crippen MR) is 186 cm³/mol. The molecule has 47 heavy (non-hydrogen) atoms. The summed E-state index contributed by atoms with van der Waals surface area (Å²) >= 11 is 0. The van der Waals surface area contributed by atoms with Gasteiger partial charge in [0.15, 0.2) is 0 Å². The van der Waals surface area contributed by atoms with E-state index in [0.717, 1.165) is 59.8 Å². The minimum absolute atomic E-state index is 0.144. The zero-order chi connectivity index (χ0) is 33.8. The first-order chi connectivity index (χ1) is 22.6. The molecule has 8 heteroatoms. The highest BCUT2D eigenvalue weighted by molar-refractivity contribution is 6.01. The SMILES string of the molecule is CCCCN(C)C(=N/C(=C/CN(CC/C=C(\C)OC(F)C(F)F)Cc1ccc2c(c1)CCO2)c1ccc(C)c(C)c1)c1ccccc1. The highest BCUT2D eigenvalue weighted by Gasteiger charge is 2.20. The average molecular weight is 648 g/mol. The third-order valence-corrected chi connectivity index (χ3v) is 8.35. The predicted octanol–water partition coefficient (Wildman–Crippen LogP) is 9.13. The number of halogens is 3. The van der Waals surface area contributed by atoms with E-state index in [-0.39, 0.29) is 5.76 Å². The molecule has 0 aliphatic carbocycles. The van der Waals surface area contributed by atoms with Crippen LogP contribution >= 0.6 is 0 Å². The number of benzene rings is 3. The van der Waals surface area contributed by atoms with Crippen molar-refractivity contribution in [3.63, 3.8) is 0 Å². The Morgan fingerprint density at radius 2 is 1.74 bits per heavy atom. The summed E-state index contributed by atoms with van der Waals surface area (Å²) in [6.07, 6.45) is 1.54. The van der Waals surface area contributed by atoms with Crippen molar-refractivity contribution in [1.82, 2.24) is 9.80 Å². The lowest BCUT2D eigenvalue weighted by Crippen LogP contribution is -2.29. The molecule has 3 aromatic rings. The van der Waals surface area contributed by atoms with E-state index < -0.39 is 12.8 Å². The van der Waals surface area contributed by atoms with Crippen LogP contribution in [0.2, 0.25) is 0 Å². The van der Waals surface area contributed by atoms with Gasteiger partial charge in [-0.1, -0.05) is 67.9 Å². The van der Waals surface area contributed by atoms with Gasteiger partial charge in [-0.05, 0) is 80.2 Å². The van der Waals surface area contributed by atoms with Gasteiger partial charge in [0.2, 0.25) is 0 Å². The van der Waals surface area contributed by atoms with Crippen molar-refractivity contribution in [3.05, 3.63) is 118 Å². The Hall–Kier alpha value is -4.04. The van der Waals surface area contributed by atoms with E-state index >= 15 is 0 Å². The van der Waals surface area contributed by atoms with Crippen molar-refractivity contribution >= 4 is 11.5 Å². The highest BCUT2D eigenvalue weighted by atomic mass is 19.3. The molecule has 0 saturated carbocycles. The lowest BCUT2D eigenvalue weighted by Gasteiger charge is -2.23. The fourth-order valence-electron chi connectivity index (χ4n) is 5.48. The van der Waals surface area contributed by atoms with E-state index in [4.69, 9.17) is 14.5 Å². The Labute approximate surface area is 278 Å². The molecule has 1 aliphatic heterocycles. The number of ether oxygens (including phenoxy) is 2. The van der Waals surface area contributed by atoms with Crippen LogP contribution in [0.5, 0.6) is 5.75 Å². The Morgan fingerprint density at radius 1 is 0.957 bits per heavy atom. The number of aliphatic imine (C=N–C) groups is 1.